The summed E-state index contributed by atoms with van der Waals surface area (Å²) in [5.74, 6) is 0.0704. The number of anilines is 2. The van der Waals surface area contributed by atoms with Crippen LogP contribution in [0, 0.1) is 11.8 Å². The molecule has 8 heteroatoms. The van der Waals surface area contributed by atoms with E-state index in [-0.39, 0.29) is 28.2 Å². The lowest BCUT2D eigenvalue weighted by molar-refractivity contribution is -0.141. The van der Waals surface area contributed by atoms with Crippen LogP contribution in [0.15, 0.2) is 42.5 Å². The molecular formula is C23H25Cl2N3O3. The Hall–Kier alpha value is -2.28. The van der Waals surface area contributed by atoms with E-state index in [0.717, 1.165) is 24.2 Å². The first kappa shape index (κ1) is 21.9. The molecule has 4 rings (SSSR count). The number of benzene rings is 2. The number of para-hydroxylation sites is 1. The van der Waals surface area contributed by atoms with Crippen LogP contribution in [-0.4, -0.2) is 23.1 Å². The van der Waals surface area contributed by atoms with Crippen LogP contribution >= 0.6 is 23.2 Å². The molecule has 1 fully saturated rings. The molecule has 1 aliphatic heterocycles. The van der Waals surface area contributed by atoms with E-state index >= 15 is 0 Å². The van der Waals surface area contributed by atoms with Crippen LogP contribution in [0.25, 0.3) is 0 Å². The van der Waals surface area contributed by atoms with E-state index in [1.165, 1.54) is 12.1 Å². The molecule has 0 saturated heterocycles. The highest BCUT2D eigenvalue weighted by Crippen LogP contribution is 2.41. The van der Waals surface area contributed by atoms with Gasteiger partial charge < -0.3 is 15.7 Å². The second-order valence-corrected chi connectivity index (χ2v) is 9.24. The van der Waals surface area contributed by atoms with Gasteiger partial charge in [0.15, 0.2) is 0 Å². The number of carbonyl (C=O) groups is 2. The topological polar surface area (TPSA) is 81.7 Å². The molecule has 3 amide bonds. The van der Waals surface area contributed by atoms with E-state index in [0.29, 0.717) is 16.6 Å². The predicted molar refractivity (Wildman–Crippen MR) is 122 cm³/mol. The van der Waals surface area contributed by atoms with Crippen LogP contribution in [0.4, 0.5) is 16.2 Å². The van der Waals surface area contributed by atoms with Gasteiger partial charge in [-0.05, 0) is 42.5 Å². The molecule has 1 saturated carbocycles. The quantitative estimate of drug-likeness (QED) is 0.592. The Labute approximate surface area is 191 Å². The second-order valence-electron chi connectivity index (χ2n) is 8.43. The maximum Gasteiger partial charge on any atom is 0.329 e. The van der Waals surface area contributed by atoms with E-state index in [9.17, 15) is 14.7 Å². The third-order valence-electron chi connectivity index (χ3n) is 6.57. The standard InChI is InChI=1S/C23H25Cl2N3O3/c1-13-6-5-9-19(14(13)2)26-21(29)23(31)16-7-3-4-8-20(16)27-22(30)28(23)15-10-11-17(24)18(25)12-15/h3-4,7-8,10-14,19,31H,5-6,9H2,1-2H3,(H,26,29)(H,27,30)/t13-,14+,19+,23+/m1/s1. The number of nitrogens with one attached hydrogen (secondary N) is 2. The fraction of sp³-hybridized carbons (Fsp3) is 0.391. The summed E-state index contributed by atoms with van der Waals surface area (Å²) in [5.41, 5.74) is -1.33. The number of rotatable bonds is 3. The van der Waals surface area contributed by atoms with Gasteiger partial charge in [0, 0.05) is 11.6 Å². The van der Waals surface area contributed by atoms with Gasteiger partial charge in [-0.25, -0.2) is 4.79 Å². The van der Waals surface area contributed by atoms with Crippen molar-refractivity contribution in [2.24, 2.45) is 11.8 Å². The van der Waals surface area contributed by atoms with Crippen LogP contribution < -0.4 is 15.5 Å². The molecule has 2 aliphatic rings. The molecule has 1 heterocycles. The van der Waals surface area contributed by atoms with Crippen molar-refractivity contribution in [3.05, 3.63) is 58.1 Å². The number of hydrogen-bond donors (Lipinski definition) is 3. The molecule has 4 atom stereocenters. The molecule has 0 aromatic heterocycles. The number of carbonyl (C=O) groups excluding carboxylic acids is 2. The molecule has 2 aromatic rings. The van der Waals surface area contributed by atoms with Crippen molar-refractivity contribution in [2.45, 2.75) is 44.9 Å². The van der Waals surface area contributed by atoms with Crippen LogP contribution in [0.3, 0.4) is 0 Å². The highest BCUT2D eigenvalue weighted by atomic mass is 35.5. The van der Waals surface area contributed by atoms with Gasteiger partial charge in [-0.1, -0.05) is 68.1 Å². The van der Waals surface area contributed by atoms with Crippen molar-refractivity contribution in [3.8, 4) is 0 Å². The summed E-state index contributed by atoms with van der Waals surface area (Å²) in [7, 11) is 0. The Kier molecular flexibility index (Phi) is 5.90. The summed E-state index contributed by atoms with van der Waals surface area (Å²) in [6.45, 7) is 4.28. The first-order chi connectivity index (χ1) is 14.7. The Morgan fingerprint density at radius 1 is 1.16 bits per heavy atom. The Balaban J connectivity index is 1.79. The van der Waals surface area contributed by atoms with Gasteiger partial charge >= 0.3 is 6.03 Å². The molecule has 2 aromatic carbocycles. The van der Waals surface area contributed by atoms with Gasteiger partial charge in [-0.15, -0.1) is 0 Å². The van der Waals surface area contributed by atoms with Crippen molar-refractivity contribution in [1.82, 2.24) is 5.32 Å². The highest BCUT2D eigenvalue weighted by molar-refractivity contribution is 6.42. The second kappa shape index (κ2) is 8.34. The van der Waals surface area contributed by atoms with Gasteiger partial charge in [0.2, 0.25) is 0 Å². The molecule has 1 aliphatic carbocycles. The van der Waals surface area contributed by atoms with Crippen molar-refractivity contribution >= 4 is 46.5 Å². The first-order valence-corrected chi connectivity index (χ1v) is 11.2. The van der Waals surface area contributed by atoms with Crippen LogP contribution in [0.1, 0.15) is 38.7 Å². The number of hydrogen-bond acceptors (Lipinski definition) is 3. The minimum absolute atomic E-state index is 0.0897. The molecule has 164 valence electrons. The van der Waals surface area contributed by atoms with Crippen molar-refractivity contribution in [1.29, 1.82) is 0 Å². The van der Waals surface area contributed by atoms with E-state index in [4.69, 9.17) is 23.2 Å². The molecule has 0 bridgehead atoms. The average Bonchev–Trinajstić information content (AvgIpc) is 2.74. The lowest BCUT2D eigenvalue weighted by Crippen LogP contribution is -2.64. The summed E-state index contributed by atoms with van der Waals surface area (Å²) in [4.78, 5) is 27.8. The molecule has 31 heavy (non-hydrogen) atoms. The Morgan fingerprint density at radius 2 is 1.90 bits per heavy atom. The molecule has 0 spiro atoms. The zero-order valence-electron chi connectivity index (χ0n) is 17.4. The van der Waals surface area contributed by atoms with Crippen LogP contribution in [0.5, 0.6) is 0 Å². The summed E-state index contributed by atoms with van der Waals surface area (Å²) in [6.07, 6.45) is 2.94. The molecule has 6 nitrogen and oxygen atoms in total. The van der Waals surface area contributed by atoms with Gasteiger partial charge in [0.25, 0.3) is 11.6 Å². The van der Waals surface area contributed by atoms with Gasteiger partial charge in [-0.3, -0.25) is 9.69 Å². The zero-order chi connectivity index (χ0) is 22.3. The lowest BCUT2D eigenvalue weighted by atomic mass is 9.78. The number of aliphatic hydroxyl groups is 1. The third-order valence-corrected chi connectivity index (χ3v) is 7.31. The summed E-state index contributed by atoms with van der Waals surface area (Å²) < 4.78 is 0. The fourth-order valence-corrected chi connectivity index (χ4v) is 4.83. The lowest BCUT2D eigenvalue weighted by Gasteiger charge is -2.44. The van der Waals surface area contributed by atoms with Gasteiger partial charge in [0.1, 0.15) is 0 Å². The number of fused-ring (bicyclic) bond motifs is 1. The fourth-order valence-electron chi connectivity index (χ4n) is 4.54. The SMILES string of the molecule is C[C@H]1[C@H](C)CCC[C@@H]1NC(=O)[C@@]1(O)c2ccccc2NC(=O)N1c1ccc(Cl)c(Cl)c1. The van der Waals surface area contributed by atoms with Crippen LogP contribution in [0.2, 0.25) is 10.0 Å². The zero-order valence-corrected chi connectivity index (χ0v) is 18.9. The maximum atomic E-state index is 13.6. The van der Waals surface area contributed by atoms with Crippen molar-refractivity contribution in [3.63, 3.8) is 0 Å². The van der Waals surface area contributed by atoms with E-state index in [2.05, 4.69) is 24.5 Å². The van der Waals surface area contributed by atoms with Crippen LogP contribution in [-0.2, 0) is 10.5 Å². The third kappa shape index (κ3) is 3.77. The monoisotopic (exact) mass is 461 g/mol. The van der Waals surface area contributed by atoms with Crippen molar-refractivity contribution < 1.29 is 14.7 Å². The molecule has 3 N–H and O–H groups in total. The smallest absolute Gasteiger partial charge is 0.329 e. The number of amides is 3. The minimum Gasteiger partial charge on any atom is -0.359 e. The molecule has 0 unspecified atom stereocenters. The predicted octanol–water partition coefficient (Wildman–Crippen LogP) is 5.13. The summed E-state index contributed by atoms with van der Waals surface area (Å²) in [6, 6.07) is 10.5. The maximum absolute atomic E-state index is 13.6. The minimum atomic E-state index is -2.25. The molecular weight excluding hydrogens is 437 g/mol. The highest BCUT2D eigenvalue weighted by Gasteiger charge is 2.52. The van der Waals surface area contributed by atoms with Crippen molar-refractivity contribution in [2.75, 3.05) is 10.2 Å². The largest absolute Gasteiger partial charge is 0.359 e. The summed E-state index contributed by atoms with van der Waals surface area (Å²) in [5, 5.41) is 18.2. The Morgan fingerprint density at radius 3 is 2.65 bits per heavy atom. The number of urea groups is 1. The van der Waals surface area contributed by atoms with Gasteiger partial charge in [-0.2, -0.15) is 0 Å². The average molecular weight is 462 g/mol. The first-order valence-electron chi connectivity index (χ1n) is 10.4. The number of nitrogens with zero attached hydrogens (tertiary/aromatic N) is 1. The van der Waals surface area contributed by atoms with E-state index < -0.39 is 17.7 Å². The summed E-state index contributed by atoms with van der Waals surface area (Å²) >= 11 is 12.2. The normalized spacial score (nSPS) is 28.0. The Bertz CT molecular complexity index is 1030. The molecule has 0 radical (unpaired) electrons. The van der Waals surface area contributed by atoms with Gasteiger partial charge in [0.05, 0.1) is 21.4 Å². The van der Waals surface area contributed by atoms with E-state index in [1.807, 2.05) is 0 Å². The van der Waals surface area contributed by atoms with E-state index in [1.54, 1.807) is 30.3 Å². The number of halogens is 2.